The second-order valence-electron chi connectivity index (χ2n) is 6.52. The lowest BCUT2D eigenvalue weighted by Gasteiger charge is -2.12. The number of benzene rings is 1. The molecule has 3 heterocycles. The van der Waals surface area contributed by atoms with E-state index in [2.05, 4.69) is 57.1 Å². The molecule has 0 aliphatic rings. The number of aromatic nitrogens is 4. The summed E-state index contributed by atoms with van der Waals surface area (Å²) in [6.07, 6.45) is 10.2. The van der Waals surface area contributed by atoms with Crippen LogP contribution in [0.1, 0.15) is 19.1 Å². The molecule has 0 aliphatic heterocycles. The van der Waals surface area contributed by atoms with Crippen molar-refractivity contribution < 1.29 is 4.42 Å². The number of hydrogen-bond acceptors (Lipinski definition) is 4. The summed E-state index contributed by atoms with van der Waals surface area (Å²) in [5.74, 6) is 1.39. The summed E-state index contributed by atoms with van der Waals surface area (Å²) < 4.78 is 9.51. The van der Waals surface area contributed by atoms with Crippen molar-refractivity contribution in [1.29, 1.82) is 0 Å². The number of hydrogen-bond donors (Lipinski definition) is 0. The van der Waals surface area contributed by atoms with E-state index in [-0.39, 0.29) is 0 Å². The van der Waals surface area contributed by atoms with Crippen molar-refractivity contribution >= 4 is 17.1 Å². The van der Waals surface area contributed by atoms with E-state index >= 15 is 0 Å². The molecule has 0 amide bonds. The number of nitrogens with zero attached hydrogens (tertiary/aromatic N) is 5. The third-order valence-electron chi connectivity index (χ3n) is 4.45. The standard InChI is InChI=1S/C20H21N5O/c1-16(6-8-21-12-19-3-2-10-26-19)13-24-9-7-17-4-5-18(11-20(17)24)25-14-22-23-15-25/h2-5,7-11,14-16H,6,12-13H2,1H3. The predicted molar refractivity (Wildman–Crippen MR) is 102 cm³/mol. The SMILES string of the molecule is CC(CC=NCc1ccco1)Cn1ccc2ccc(-n3cnnc3)cc21. The highest BCUT2D eigenvalue weighted by Crippen LogP contribution is 2.21. The van der Waals surface area contributed by atoms with Crippen LogP contribution in [-0.2, 0) is 13.1 Å². The molecule has 0 radical (unpaired) electrons. The molecular weight excluding hydrogens is 326 g/mol. The molecule has 6 heteroatoms. The highest BCUT2D eigenvalue weighted by molar-refractivity contribution is 5.82. The quantitative estimate of drug-likeness (QED) is 0.473. The van der Waals surface area contributed by atoms with E-state index in [1.54, 1.807) is 18.9 Å². The molecule has 0 N–H and O–H groups in total. The Bertz CT molecular complexity index is 983. The zero-order valence-electron chi connectivity index (χ0n) is 14.7. The van der Waals surface area contributed by atoms with Crippen LogP contribution in [0.3, 0.4) is 0 Å². The maximum absolute atomic E-state index is 5.29. The van der Waals surface area contributed by atoms with Gasteiger partial charge in [-0.2, -0.15) is 0 Å². The van der Waals surface area contributed by atoms with Gasteiger partial charge in [-0.1, -0.05) is 13.0 Å². The minimum Gasteiger partial charge on any atom is -0.467 e. The summed E-state index contributed by atoms with van der Waals surface area (Å²) in [5.41, 5.74) is 2.28. The van der Waals surface area contributed by atoms with Crippen molar-refractivity contribution in [2.24, 2.45) is 10.9 Å². The van der Waals surface area contributed by atoms with E-state index < -0.39 is 0 Å². The molecule has 1 aromatic carbocycles. The lowest BCUT2D eigenvalue weighted by molar-refractivity contribution is 0.505. The third-order valence-corrected chi connectivity index (χ3v) is 4.45. The maximum Gasteiger partial charge on any atom is 0.125 e. The first-order chi connectivity index (χ1) is 12.8. The van der Waals surface area contributed by atoms with E-state index in [0.717, 1.165) is 24.4 Å². The highest BCUT2D eigenvalue weighted by Gasteiger charge is 2.07. The normalized spacial score (nSPS) is 13.0. The van der Waals surface area contributed by atoms with E-state index in [1.165, 1.54) is 10.9 Å². The van der Waals surface area contributed by atoms with Gasteiger partial charge in [0.1, 0.15) is 18.4 Å². The summed E-state index contributed by atoms with van der Waals surface area (Å²) >= 11 is 0. The van der Waals surface area contributed by atoms with Gasteiger partial charge >= 0.3 is 0 Å². The minimum atomic E-state index is 0.490. The van der Waals surface area contributed by atoms with Gasteiger partial charge in [-0.25, -0.2) is 0 Å². The highest BCUT2D eigenvalue weighted by atomic mass is 16.3. The van der Waals surface area contributed by atoms with Gasteiger partial charge in [-0.3, -0.25) is 9.56 Å². The lowest BCUT2D eigenvalue weighted by atomic mass is 10.1. The second kappa shape index (κ2) is 7.39. The number of fused-ring (bicyclic) bond motifs is 1. The molecule has 0 bridgehead atoms. The van der Waals surface area contributed by atoms with E-state index in [9.17, 15) is 0 Å². The van der Waals surface area contributed by atoms with E-state index in [1.807, 2.05) is 22.9 Å². The first-order valence-corrected chi connectivity index (χ1v) is 8.74. The van der Waals surface area contributed by atoms with Gasteiger partial charge in [0.05, 0.1) is 24.0 Å². The van der Waals surface area contributed by atoms with Crippen LogP contribution in [0.25, 0.3) is 16.6 Å². The van der Waals surface area contributed by atoms with Crippen molar-refractivity contribution in [2.75, 3.05) is 0 Å². The number of furan rings is 1. The summed E-state index contributed by atoms with van der Waals surface area (Å²) in [6, 6.07) is 12.4. The average Bonchev–Trinajstić information content (AvgIpc) is 3.40. The molecule has 4 aromatic rings. The van der Waals surface area contributed by atoms with Crippen LogP contribution in [-0.4, -0.2) is 25.5 Å². The molecule has 0 fully saturated rings. The van der Waals surface area contributed by atoms with Gasteiger partial charge in [-0.05, 0) is 54.3 Å². The molecule has 6 nitrogen and oxygen atoms in total. The molecular formula is C20H21N5O. The Morgan fingerprint density at radius 1 is 1.19 bits per heavy atom. The average molecular weight is 347 g/mol. The van der Waals surface area contributed by atoms with Crippen molar-refractivity contribution in [3.8, 4) is 5.69 Å². The molecule has 1 atom stereocenters. The first-order valence-electron chi connectivity index (χ1n) is 8.74. The topological polar surface area (TPSA) is 61.1 Å². The first kappa shape index (κ1) is 16.3. The Morgan fingerprint density at radius 3 is 2.88 bits per heavy atom. The molecule has 26 heavy (non-hydrogen) atoms. The van der Waals surface area contributed by atoms with Gasteiger partial charge in [0.2, 0.25) is 0 Å². The molecule has 0 saturated heterocycles. The van der Waals surface area contributed by atoms with Crippen LogP contribution in [0.4, 0.5) is 0 Å². The van der Waals surface area contributed by atoms with Crippen LogP contribution in [0.2, 0.25) is 0 Å². The van der Waals surface area contributed by atoms with E-state index in [4.69, 9.17) is 4.42 Å². The van der Waals surface area contributed by atoms with Crippen molar-refractivity contribution in [1.82, 2.24) is 19.3 Å². The number of rotatable bonds is 7. The smallest absolute Gasteiger partial charge is 0.125 e. The van der Waals surface area contributed by atoms with E-state index in [0.29, 0.717) is 12.5 Å². The Kier molecular flexibility index (Phi) is 4.64. The van der Waals surface area contributed by atoms with Crippen LogP contribution >= 0.6 is 0 Å². The molecule has 1 unspecified atom stereocenters. The van der Waals surface area contributed by atoms with Crippen molar-refractivity contribution in [3.63, 3.8) is 0 Å². The summed E-state index contributed by atoms with van der Waals surface area (Å²) in [7, 11) is 0. The van der Waals surface area contributed by atoms with Gasteiger partial charge in [-0.15, -0.1) is 10.2 Å². The molecule has 0 aliphatic carbocycles. The summed E-state index contributed by atoms with van der Waals surface area (Å²) in [6.45, 7) is 3.80. The van der Waals surface area contributed by atoms with Crippen LogP contribution in [0, 0.1) is 5.92 Å². The fourth-order valence-electron chi connectivity index (χ4n) is 3.05. The molecule has 132 valence electrons. The minimum absolute atomic E-state index is 0.490. The Labute approximate surface area is 151 Å². The van der Waals surface area contributed by atoms with Crippen LogP contribution < -0.4 is 0 Å². The predicted octanol–water partition coefficient (Wildman–Crippen LogP) is 4.11. The van der Waals surface area contributed by atoms with Crippen molar-refractivity contribution in [3.05, 3.63) is 67.3 Å². The van der Waals surface area contributed by atoms with Crippen molar-refractivity contribution in [2.45, 2.75) is 26.4 Å². The largest absolute Gasteiger partial charge is 0.467 e. The third kappa shape index (κ3) is 3.59. The second-order valence-corrected chi connectivity index (χ2v) is 6.52. The van der Waals surface area contributed by atoms with Gasteiger partial charge in [0.25, 0.3) is 0 Å². The van der Waals surface area contributed by atoms with Gasteiger partial charge < -0.3 is 8.98 Å². The van der Waals surface area contributed by atoms with Crippen LogP contribution in [0.15, 0.2) is 70.9 Å². The lowest BCUT2D eigenvalue weighted by Crippen LogP contribution is -2.07. The fraction of sp³-hybridized carbons (Fsp3) is 0.250. The van der Waals surface area contributed by atoms with Crippen LogP contribution in [0.5, 0.6) is 0 Å². The molecule has 4 rings (SSSR count). The Morgan fingerprint density at radius 2 is 2.08 bits per heavy atom. The Balaban J connectivity index is 1.43. The van der Waals surface area contributed by atoms with Gasteiger partial charge in [0.15, 0.2) is 0 Å². The maximum atomic E-state index is 5.29. The molecule has 0 spiro atoms. The monoisotopic (exact) mass is 347 g/mol. The summed E-state index contributed by atoms with van der Waals surface area (Å²) in [5, 5.41) is 9.00. The zero-order chi connectivity index (χ0) is 17.8. The van der Waals surface area contributed by atoms with Gasteiger partial charge in [0, 0.05) is 12.7 Å². The summed E-state index contributed by atoms with van der Waals surface area (Å²) in [4.78, 5) is 4.45. The fourth-order valence-corrected chi connectivity index (χ4v) is 3.05. The zero-order valence-corrected chi connectivity index (χ0v) is 14.7. The molecule has 0 saturated carbocycles. The number of aliphatic imine (C=N–C) groups is 1. The molecule has 3 aromatic heterocycles. The Hall–Kier alpha value is -3.15.